The van der Waals surface area contributed by atoms with Crippen molar-refractivity contribution < 1.29 is 4.79 Å². The van der Waals surface area contributed by atoms with Crippen LogP contribution in [-0.2, 0) is 4.79 Å². The highest BCUT2D eigenvalue weighted by molar-refractivity contribution is 5.79. The lowest BCUT2D eigenvalue weighted by atomic mass is 9.81. The fourth-order valence-corrected chi connectivity index (χ4v) is 2.15. The third kappa shape index (κ3) is 3.21. The molecule has 0 aromatic rings. The van der Waals surface area contributed by atoms with Gasteiger partial charge in [-0.05, 0) is 30.7 Å². The predicted molar refractivity (Wildman–Crippen MR) is 67.0 cm³/mol. The molecule has 0 aliphatic carbocycles. The van der Waals surface area contributed by atoms with E-state index in [4.69, 9.17) is 5.73 Å². The van der Waals surface area contributed by atoms with Crippen molar-refractivity contribution >= 4 is 5.91 Å². The molecular formula is C13H26N2O. The van der Waals surface area contributed by atoms with Crippen molar-refractivity contribution in [1.29, 1.82) is 0 Å². The van der Waals surface area contributed by atoms with E-state index in [1.54, 1.807) is 0 Å². The van der Waals surface area contributed by atoms with E-state index in [0.717, 1.165) is 32.5 Å². The smallest absolute Gasteiger partial charge is 0.225 e. The number of nitrogens with two attached hydrogens (primary N) is 1. The Bertz CT molecular complexity index is 245. The summed E-state index contributed by atoms with van der Waals surface area (Å²) >= 11 is 0. The molecule has 1 saturated heterocycles. The molecule has 0 aromatic heterocycles. The van der Waals surface area contributed by atoms with Crippen LogP contribution in [-0.4, -0.2) is 30.4 Å². The van der Waals surface area contributed by atoms with Gasteiger partial charge in [0.05, 0.1) is 0 Å². The zero-order valence-electron chi connectivity index (χ0n) is 11.1. The van der Waals surface area contributed by atoms with Gasteiger partial charge >= 0.3 is 0 Å². The first-order valence-corrected chi connectivity index (χ1v) is 6.35. The third-order valence-corrected chi connectivity index (χ3v) is 3.84. The molecule has 94 valence electrons. The van der Waals surface area contributed by atoms with Crippen LogP contribution in [0.3, 0.4) is 0 Å². The van der Waals surface area contributed by atoms with Crippen molar-refractivity contribution in [2.45, 2.75) is 40.5 Å². The van der Waals surface area contributed by atoms with Crippen LogP contribution in [0.25, 0.3) is 0 Å². The lowest BCUT2D eigenvalue weighted by Gasteiger charge is -2.30. The number of carbonyl (C=O) groups is 1. The van der Waals surface area contributed by atoms with Crippen LogP contribution in [0.1, 0.15) is 40.5 Å². The van der Waals surface area contributed by atoms with Gasteiger partial charge in [-0.15, -0.1) is 0 Å². The van der Waals surface area contributed by atoms with E-state index in [-0.39, 0.29) is 11.3 Å². The van der Waals surface area contributed by atoms with E-state index in [1.165, 1.54) is 0 Å². The van der Waals surface area contributed by atoms with Crippen molar-refractivity contribution in [3.63, 3.8) is 0 Å². The monoisotopic (exact) mass is 226 g/mol. The number of rotatable bonds is 3. The summed E-state index contributed by atoms with van der Waals surface area (Å²) in [5, 5.41) is 0. The first-order valence-electron chi connectivity index (χ1n) is 6.35. The quantitative estimate of drug-likeness (QED) is 0.798. The summed E-state index contributed by atoms with van der Waals surface area (Å²) < 4.78 is 0. The number of amides is 1. The zero-order chi connectivity index (χ0) is 12.3. The van der Waals surface area contributed by atoms with Crippen LogP contribution in [0.2, 0.25) is 0 Å². The summed E-state index contributed by atoms with van der Waals surface area (Å²) in [7, 11) is 0. The van der Waals surface area contributed by atoms with Gasteiger partial charge in [-0.3, -0.25) is 4.79 Å². The van der Waals surface area contributed by atoms with Crippen LogP contribution in [0, 0.1) is 17.3 Å². The molecule has 1 heterocycles. The molecule has 0 radical (unpaired) electrons. The molecule has 1 aliphatic rings. The first-order chi connectivity index (χ1) is 7.36. The molecule has 2 unspecified atom stereocenters. The van der Waals surface area contributed by atoms with E-state index >= 15 is 0 Å². The van der Waals surface area contributed by atoms with Gasteiger partial charge < -0.3 is 10.6 Å². The molecule has 3 heteroatoms. The normalized spacial score (nSPS) is 23.6. The Hall–Kier alpha value is -0.570. The topological polar surface area (TPSA) is 46.3 Å². The Morgan fingerprint density at radius 1 is 1.50 bits per heavy atom. The predicted octanol–water partition coefficient (Wildman–Crippen LogP) is 1.87. The Balaban J connectivity index is 2.51. The summed E-state index contributed by atoms with van der Waals surface area (Å²) in [4.78, 5) is 14.3. The summed E-state index contributed by atoms with van der Waals surface area (Å²) in [5.41, 5.74) is 5.61. The van der Waals surface area contributed by atoms with Gasteiger partial charge in [0.25, 0.3) is 0 Å². The first kappa shape index (κ1) is 13.5. The van der Waals surface area contributed by atoms with Gasteiger partial charge in [-0.2, -0.15) is 0 Å². The van der Waals surface area contributed by atoms with E-state index in [1.807, 2.05) is 11.8 Å². The highest BCUT2D eigenvalue weighted by Crippen LogP contribution is 2.29. The largest absolute Gasteiger partial charge is 0.342 e. The fraction of sp³-hybridized carbons (Fsp3) is 0.923. The van der Waals surface area contributed by atoms with Crippen molar-refractivity contribution in [3.8, 4) is 0 Å². The molecule has 0 bridgehead atoms. The average Bonchev–Trinajstić information content (AvgIpc) is 2.63. The second kappa shape index (κ2) is 5.17. The highest BCUT2D eigenvalue weighted by atomic mass is 16.2. The maximum atomic E-state index is 12.2. The number of carbonyl (C=O) groups excluding carboxylic acids is 1. The molecule has 0 saturated carbocycles. The maximum absolute atomic E-state index is 12.2. The van der Waals surface area contributed by atoms with Crippen LogP contribution in [0.4, 0.5) is 0 Å². The van der Waals surface area contributed by atoms with Crippen molar-refractivity contribution in [1.82, 2.24) is 4.90 Å². The van der Waals surface area contributed by atoms with Gasteiger partial charge in [-0.1, -0.05) is 27.7 Å². The SMILES string of the molecule is CC(C(=O)N1CCC(CCN)C1)C(C)(C)C. The van der Waals surface area contributed by atoms with Crippen LogP contribution < -0.4 is 5.73 Å². The highest BCUT2D eigenvalue weighted by Gasteiger charge is 2.33. The fourth-order valence-electron chi connectivity index (χ4n) is 2.15. The maximum Gasteiger partial charge on any atom is 0.225 e. The molecule has 1 rings (SSSR count). The summed E-state index contributed by atoms with van der Waals surface area (Å²) in [6.07, 6.45) is 2.17. The van der Waals surface area contributed by atoms with Crippen LogP contribution in [0.5, 0.6) is 0 Å². The second-order valence-corrected chi connectivity index (χ2v) is 6.10. The molecule has 16 heavy (non-hydrogen) atoms. The molecule has 1 fully saturated rings. The standard InChI is InChI=1S/C13H26N2O/c1-10(13(2,3)4)12(16)15-8-6-11(9-15)5-7-14/h10-11H,5-9,14H2,1-4H3. The van der Waals surface area contributed by atoms with Crippen LogP contribution in [0.15, 0.2) is 0 Å². The minimum atomic E-state index is 0.0586. The molecule has 0 aromatic carbocycles. The second-order valence-electron chi connectivity index (χ2n) is 6.10. The Morgan fingerprint density at radius 2 is 2.12 bits per heavy atom. The van der Waals surface area contributed by atoms with E-state index in [0.29, 0.717) is 11.8 Å². The summed E-state index contributed by atoms with van der Waals surface area (Å²) in [6.45, 7) is 11.0. The van der Waals surface area contributed by atoms with Gasteiger partial charge in [0.2, 0.25) is 5.91 Å². The molecule has 2 atom stereocenters. The van der Waals surface area contributed by atoms with Gasteiger partial charge in [-0.25, -0.2) is 0 Å². The Morgan fingerprint density at radius 3 is 2.62 bits per heavy atom. The molecule has 1 amide bonds. The van der Waals surface area contributed by atoms with E-state index in [2.05, 4.69) is 20.8 Å². The lowest BCUT2D eigenvalue weighted by molar-refractivity contribution is -0.137. The van der Waals surface area contributed by atoms with Crippen molar-refractivity contribution in [2.75, 3.05) is 19.6 Å². The average molecular weight is 226 g/mol. The van der Waals surface area contributed by atoms with Gasteiger partial charge in [0.1, 0.15) is 0 Å². The molecule has 0 spiro atoms. The molecular weight excluding hydrogens is 200 g/mol. The van der Waals surface area contributed by atoms with Gasteiger partial charge in [0.15, 0.2) is 0 Å². The van der Waals surface area contributed by atoms with E-state index < -0.39 is 0 Å². The third-order valence-electron chi connectivity index (χ3n) is 3.84. The number of nitrogens with zero attached hydrogens (tertiary/aromatic N) is 1. The van der Waals surface area contributed by atoms with Crippen LogP contribution >= 0.6 is 0 Å². The van der Waals surface area contributed by atoms with Crippen molar-refractivity contribution in [3.05, 3.63) is 0 Å². The van der Waals surface area contributed by atoms with Gasteiger partial charge in [0, 0.05) is 19.0 Å². The Labute approximate surface area is 99.4 Å². The number of hydrogen-bond acceptors (Lipinski definition) is 2. The zero-order valence-corrected chi connectivity index (χ0v) is 11.1. The van der Waals surface area contributed by atoms with E-state index in [9.17, 15) is 4.79 Å². The minimum Gasteiger partial charge on any atom is -0.342 e. The number of hydrogen-bond donors (Lipinski definition) is 1. The summed E-state index contributed by atoms with van der Waals surface area (Å²) in [6, 6.07) is 0. The molecule has 1 aliphatic heterocycles. The lowest BCUT2D eigenvalue weighted by Crippen LogP contribution is -2.38. The Kier molecular flexibility index (Phi) is 4.36. The number of likely N-dealkylation sites (tertiary alicyclic amines) is 1. The minimum absolute atomic E-state index is 0.0586. The summed E-state index contributed by atoms with van der Waals surface area (Å²) in [5.74, 6) is 1.04. The molecule has 2 N–H and O–H groups in total. The van der Waals surface area contributed by atoms with Crippen molar-refractivity contribution in [2.24, 2.45) is 23.0 Å². The molecule has 3 nitrogen and oxygen atoms in total.